The van der Waals surface area contributed by atoms with E-state index in [1.165, 1.54) is 51.7 Å². The third kappa shape index (κ3) is 8.70. The lowest BCUT2D eigenvalue weighted by Gasteiger charge is -2.31. The second kappa shape index (κ2) is 13.3. The van der Waals surface area contributed by atoms with Gasteiger partial charge in [0.25, 0.3) is 0 Å². The summed E-state index contributed by atoms with van der Waals surface area (Å²) >= 11 is 0. The molecule has 1 saturated carbocycles. The Morgan fingerprint density at radius 1 is 1.07 bits per heavy atom. The molecule has 3 rings (SSSR count). The van der Waals surface area contributed by atoms with Crippen LogP contribution in [0.4, 0.5) is 0 Å². The van der Waals surface area contributed by atoms with E-state index in [2.05, 4.69) is 47.6 Å². The summed E-state index contributed by atoms with van der Waals surface area (Å²) in [6, 6.07) is 8.30. The predicted molar refractivity (Wildman–Crippen MR) is 132 cm³/mol. The van der Waals surface area contributed by atoms with E-state index in [0.29, 0.717) is 6.54 Å². The number of hydrogen-bond acceptors (Lipinski definition) is 3. The second-order valence-electron chi connectivity index (χ2n) is 8.15. The molecule has 0 atom stereocenters. The van der Waals surface area contributed by atoms with E-state index < -0.39 is 0 Å². The van der Waals surface area contributed by atoms with Crippen LogP contribution in [0.5, 0.6) is 5.75 Å². The number of halogens is 1. The van der Waals surface area contributed by atoms with Gasteiger partial charge in [0, 0.05) is 18.7 Å². The lowest BCUT2D eigenvalue weighted by atomic mass is 9.93. The summed E-state index contributed by atoms with van der Waals surface area (Å²) in [6.07, 6.45) is 6.51. The van der Waals surface area contributed by atoms with Crippen molar-refractivity contribution in [3.63, 3.8) is 0 Å². The molecular formula is C23H39IN4O. The summed E-state index contributed by atoms with van der Waals surface area (Å²) in [6.45, 7) is 11.4. The minimum Gasteiger partial charge on any atom is -0.493 e. The molecule has 1 aliphatic heterocycles. The first-order valence-electron chi connectivity index (χ1n) is 11.2. The zero-order valence-electron chi connectivity index (χ0n) is 18.2. The standard InChI is InChI=1S/C23H38N4O.HI/c1-3-24-23(25-14-11-19-12-15-27(4-2)16-13-19)26-17-21-7-5-6-8-22(21)28-18-20-9-10-20;/h5-8,19-20H,3-4,9-18H2,1-2H3,(H2,24,25,26);1H. The van der Waals surface area contributed by atoms with Crippen LogP contribution < -0.4 is 15.4 Å². The summed E-state index contributed by atoms with van der Waals surface area (Å²) < 4.78 is 6.02. The van der Waals surface area contributed by atoms with Crippen LogP contribution in [0.2, 0.25) is 0 Å². The molecule has 2 fully saturated rings. The van der Waals surface area contributed by atoms with Crippen molar-refractivity contribution in [2.75, 3.05) is 39.3 Å². The van der Waals surface area contributed by atoms with Crippen molar-refractivity contribution in [3.05, 3.63) is 29.8 Å². The number of aliphatic imine (C=N–C) groups is 1. The molecule has 6 heteroatoms. The number of nitrogens with one attached hydrogen (secondary N) is 2. The van der Waals surface area contributed by atoms with Crippen LogP contribution in [0.25, 0.3) is 0 Å². The van der Waals surface area contributed by atoms with Crippen molar-refractivity contribution in [2.45, 2.75) is 52.5 Å². The highest BCUT2D eigenvalue weighted by atomic mass is 127. The van der Waals surface area contributed by atoms with E-state index in [1.807, 2.05) is 6.07 Å². The van der Waals surface area contributed by atoms with E-state index in [0.717, 1.165) is 48.8 Å². The Labute approximate surface area is 194 Å². The number of guanidine groups is 1. The van der Waals surface area contributed by atoms with Gasteiger partial charge in [-0.3, -0.25) is 0 Å². The van der Waals surface area contributed by atoms with Crippen molar-refractivity contribution in [1.29, 1.82) is 0 Å². The molecule has 1 saturated heterocycles. The van der Waals surface area contributed by atoms with Crippen LogP contribution in [0.15, 0.2) is 29.3 Å². The lowest BCUT2D eigenvalue weighted by Crippen LogP contribution is -2.39. The first kappa shape index (κ1) is 24.3. The maximum atomic E-state index is 6.02. The zero-order chi connectivity index (χ0) is 19.6. The molecule has 2 aliphatic rings. The fraction of sp³-hybridized carbons (Fsp3) is 0.696. The molecule has 0 aromatic heterocycles. The van der Waals surface area contributed by atoms with Gasteiger partial charge in [-0.1, -0.05) is 25.1 Å². The van der Waals surface area contributed by atoms with Gasteiger partial charge in [-0.15, -0.1) is 24.0 Å². The molecule has 1 aromatic rings. The Morgan fingerprint density at radius 2 is 1.83 bits per heavy atom. The van der Waals surface area contributed by atoms with Crippen LogP contribution in [0.1, 0.15) is 51.5 Å². The van der Waals surface area contributed by atoms with Crippen LogP contribution >= 0.6 is 24.0 Å². The maximum absolute atomic E-state index is 6.02. The third-order valence-electron chi connectivity index (χ3n) is 5.90. The smallest absolute Gasteiger partial charge is 0.191 e. The van der Waals surface area contributed by atoms with Crippen molar-refractivity contribution in [1.82, 2.24) is 15.5 Å². The van der Waals surface area contributed by atoms with Crippen LogP contribution in [-0.4, -0.2) is 50.2 Å². The molecule has 29 heavy (non-hydrogen) atoms. The molecule has 2 N–H and O–H groups in total. The summed E-state index contributed by atoms with van der Waals surface area (Å²) in [7, 11) is 0. The third-order valence-corrected chi connectivity index (χ3v) is 5.90. The number of ether oxygens (including phenoxy) is 1. The van der Waals surface area contributed by atoms with Crippen molar-refractivity contribution in [2.24, 2.45) is 16.8 Å². The maximum Gasteiger partial charge on any atom is 0.191 e. The fourth-order valence-corrected chi connectivity index (χ4v) is 3.76. The minimum absolute atomic E-state index is 0. The monoisotopic (exact) mass is 514 g/mol. The number of piperidine rings is 1. The van der Waals surface area contributed by atoms with Gasteiger partial charge < -0.3 is 20.3 Å². The van der Waals surface area contributed by atoms with Gasteiger partial charge in [0.05, 0.1) is 13.2 Å². The van der Waals surface area contributed by atoms with Gasteiger partial charge in [-0.2, -0.15) is 0 Å². The molecule has 5 nitrogen and oxygen atoms in total. The molecular weight excluding hydrogens is 475 g/mol. The molecule has 1 aliphatic carbocycles. The van der Waals surface area contributed by atoms with E-state index in [9.17, 15) is 0 Å². The van der Waals surface area contributed by atoms with Crippen LogP contribution in [-0.2, 0) is 6.54 Å². The summed E-state index contributed by atoms with van der Waals surface area (Å²) in [5.41, 5.74) is 1.16. The largest absolute Gasteiger partial charge is 0.493 e. The highest BCUT2D eigenvalue weighted by molar-refractivity contribution is 14.0. The Hall–Kier alpha value is -1.02. The van der Waals surface area contributed by atoms with Crippen molar-refractivity contribution >= 4 is 29.9 Å². The number of hydrogen-bond donors (Lipinski definition) is 2. The second-order valence-corrected chi connectivity index (χ2v) is 8.15. The Bertz CT molecular complexity index is 613. The molecule has 0 unspecified atom stereocenters. The zero-order valence-corrected chi connectivity index (χ0v) is 20.5. The number of para-hydroxylation sites is 1. The Balaban J connectivity index is 0.00000300. The molecule has 1 heterocycles. The topological polar surface area (TPSA) is 48.9 Å². The van der Waals surface area contributed by atoms with Gasteiger partial charge in [0.1, 0.15) is 5.75 Å². The number of rotatable bonds is 10. The molecule has 0 bridgehead atoms. The number of likely N-dealkylation sites (tertiary alicyclic amines) is 1. The predicted octanol–water partition coefficient (Wildman–Crippen LogP) is 4.27. The first-order chi connectivity index (χ1) is 13.8. The van der Waals surface area contributed by atoms with Gasteiger partial charge in [0.15, 0.2) is 5.96 Å². The Kier molecular flexibility index (Phi) is 11.1. The van der Waals surface area contributed by atoms with Gasteiger partial charge in [0.2, 0.25) is 0 Å². The number of benzene rings is 1. The van der Waals surface area contributed by atoms with E-state index in [4.69, 9.17) is 9.73 Å². The van der Waals surface area contributed by atoms with E-state index >= 15 is 0 Å². The summed E-state index contributed by atoms with van der Waals surface area (Å²) in [5.74, 6) is 3.50. The van der Waals surface area contributed by atoms with E-state index in [-0.39, 0.29) is 24.0 Å². The lowest BCUT2D eigenvalue weighted by molar-refractivity contribution is 0.187. The molecule has 1 aromatic carbocycles. The highest BCUT2D eigenvalue weighted by Crippen LogP contribution is 2.30. The average molecular weight is 514 g/mol. The van der Waals surface area contributed by atoms with Gasteiger partial charge in [-0.05, 0) is 76.6 Å². The Morgan fingerprint density at radius 3 is 2.52 bits per heavy atom. The van der Waals surface area contributed by atoms with Crippen molar-refractivity contribution < 1.29 is 4.74 Å². The van der Waals surface area contributed by atoms with E-state index in [1.54, 1.807) is 0 Å². The summed E-state index contributed by atoms with van der Waals surface area (Å²) in [4.78, 5) is 7.36. The minimum atomic E-state index is 0. The SMILES string of the molecule is CCNC(=NCc1ccccc1OCC1CC1)NCCC1CCN(CC)CC1.I. The molecule has 0 amide bonds. The molecule has 0 radical (unpaired) electrons. The van der Waals surface area contributed by atoms with Crippen LogP contribution in [0, 0.1) is 11.8 Å². The highest BCUT2D eigenvalue weighted by Gasteiger charge is 2.22. The summed E-state index contributed by atoms with van der Waals surface area (Å²) in [5, 5.41) is 6.90. The van der Waals surface area contributed by atoms with Gasteiger partial charge >= 0.3 is 0 Å². The van der Waals surface area contributed by atoms with Crippen molar-refractivity contribution in [3.8, 4) is 5.75 Å². The van der Waals surface area contributed by atoms with Gasteiger partial charge in [-0.25, -0.2) is 4.99 Å². The van der Waals surface area contributed by atoms with Crippen LogP contribution in [0.3, 0.4) is 0 Å². The fourth-order valence-electron chi connectivity index (χ4n) is 3.76. The number of nitrogens with zero attached hydrogens (tertiary/aromatic N) is 2. The first-order valence-corrected chi connectivity index (χ1v) is 11.2. The molecule has 0 spiro atoms. The average Bonchev–Trinajstić information content (AvgIpc) is 3.56. The molecule has 164 valence electrons. The quantitative estimate of drug-likeness (QED) is 0.278. The normalized spacial score (nSPS) is 18.2.